The number of fused-ring (bicyclic) bond motifs is 1. The molecule has 1 aliphatic rings. The first-order valence-electron chi connectivity index (χ1n) is 10.0. The van der Waals surface area contributed by atoms with Crippen LogP contribution >= 0.6 is 34.3 Å². The van der Waals surface area contributed by atoms with Crippen molar-refractivity contribution in [1.29, 1.82) is 0 Å². The Balaban J connectivity index is 1.56. The molecule has 1 aliphatic carbocycles. The van der Waals surface area contributed by atoms with Crippen LogP contribution in [0.25, 0.3) is 0 Å². The van der Waals surface area contributed by atoms with E-state index < -0.39 is 21.9 Å². The van der Waals surface area contributed by atoms with E-state index in [-0.39, 0.29) is 26.6 Å². The number of thiophene rings is 1. The predicted octanol–water partition coefficient (Wildman–Crippen LogP) is 4.36. The molecule has 0 unspecified atom stereocenters. The van der Waals surface area contributed by atoms with Crippen molar-refractivity contribution in [3.8, 4) is 0 Å². The molecule has 0 aliphatic heterocycles. The average molecular weight is 527 g/mol. The number of nitrogens with zero attached hydrogens (tertiary/aromatic N) is 2. The Morgan fingerprint density at radius 2 is 1.85 bits per heavy atom. The molecule has 0 atom stereocenters. The maximum absolute atomic E-state index is 13.0. The van der Waals surface area contributed by atoms with Crippen LogP contribution in [0.2, 0.25) is 5.02 Å². The second kappa shape index (κ2) is 9.75. The Bertz CT molecular complexity index is 1300. The first-order valence-corrected chi connectivity index (χ1v) is 13.5. The molecule has 4 rings (SSSR count). The molecule has 3 aromatic rings. The number of amides is 1. The first kappa shape index (κ1) is 23.6. The second-order valence-electron chi connectivity index (χ2n) is 7.08. The Hall–Kier alpha value is -2.54. The highest BCUT2D eigenvalue weighted by molar-refractivity contribution is 7.94. The zero-order valence-corrected chi connectivity index (χ0v) is 20.6. The van der Waals surface area contributed by atoms with Crippen LogP contribution in [-0.2, 0) is 27.6 Å². The van der Waals surface area contributed by atoms with Crippen molar-refractivity contribution in [2.75, 3.05) is 16.6 Å². The second-order valence-corrected chi connectivity index (χ2v) is 11.5. The summed E-state index contributed by atoms with van der Waals surface area (Å²) in [4.78, 5) is 25.9. The molecule has 174 valence electrons. The summed E-state index contributed by atoms with van der Waals surface area (Å²) in [6.07, 6.45) is 3.39. The van der Waals surface area contributed by atoms with Gasteiger partial charge in [0.2, 0.25) is 5.13 Å². The van der Waals surface area contributed by atoms with Gasteiger partial charge < -0.3 is 4.74 Å². The van der Waals surface area contributed by atoms with Crippen molar-refractivity contribution < 1.29 is 22.7 Å². The van der Waals surface area contributed by atoms with Crippen LogP contribution < -0.4 is 10.0 Å². The highest BCUT2D eigenvalue weighted by atomic mass is 35.5. The minimum atomic E-state index is -4.14. The molecule has 1 amide bonds. The van der Waals surface area contributed by atoms with Crippen LogP contribution in [-0.4, -0.2) is 37.1 Å². The number of halogens is 1. The fraction of sp³-hybridized carbons (Fsp3) is 0.300. The third-order valence-electron chi connectivity index (χ3n) is 4.84. The highest BCUT2D eigenvalue weighted by Crippen LogP contribution is 2.39. The van der Waals surface area contributed by atoms with Crippen LogP contribution in [0.4, 0.5) is 10.1 Å². The summed E-state index contributed by atoms with van der Waals surface area (Å²) in [6.45, 7) is 1.88. The van der Waals surface area contributed by atoms with E-state index in [1.807, 2.05) is 0 Å². The first-order chi connectivity index (χ1) is 15.8. The number of hydrogen-bond donors (Lipinski definition) is 2. The predicted molar refractivity (Wildman–Crippen MR) is 127 cm³/mol. The van der Waals surface area contributed by atoms with Gasteiger partial charge in [0.25, 0.3) is 20.3 Å². The van der Waals surface area contributed by atoms with Crippen LogP contribution in [0.3, 0.4) is 0 Å². The molecular formula is C20H19ClN4O5S3. The number of carbonyl (C=O) groups is 2. The van der Waals surface area contributed by atoms with Gasteiger partial charge in [-0.25, -0.2) is 4.79 Å². The minimum Gasteiger partial charge on any atom is -0.462 e. The smallest absolute Gasteiger partial charge is 0.341 e. The summed E-state index contributed by atoms with van der Waals surface area (Å²) in [7, 11) is -4.14. The number of benzene rings is 1. The van der Waals surface area contributed by atoms with E-state index in [1.54, 1.807) is 19.1 Å². The zero-order valence-electron chi connectivity index (χ0n) is 17.4. The summed E-state index contributed by atoms with van der Waals surface area (Å²) >= 11 is 7.76. The monoisotopic (exact) mass is 526 g/mol. The molecule has 1 aromatic carbocycles. The molecule has 9 nitrogen and oxygen atoms in total. The van der Waals surface area contributed by atoms with Gasteiger partial charge in [-0.1, -0.05) is 22.9 Å². The summed E-state index contributed by atoms with van der Waals surface area (Å²) in [5.41, 5.74) is 1.44. The molecule has 0 saturated heterocycles. The van der Waals surface area contributed by atoms with Gasteiger partial charge in [0.1, 0.15) is 5.00 Å². The number of hydrogen-bond acceptors (Lipinski definition) is 9. The number of aryl methyl sites for hydroxylation is 1. The molecule has 33 heavy (non-hydrogen) atoms. The molecule has 13 heteroatoms. The van der Waals surface area contributed by atoms with Crippen molar-refractivity contribution in [1.82, 2.24) is 10.2 Å². The zero-order chi connectivity index (χ0) is 23.6. The number of rotatable bonds is 7. The number of anilines is 2. The van der Waals surface area contributed by atoms with Crippen LogP contribution in [0.5, 0.6) is 0 Å². The fourth-order valence-electron chi connectivity index (χ4n) is 3.36. The topological polar surface area (TPSA) is 127 Å². The van der Waals surface area contributed by atoms with E-state index in [1.165, 1.54) is 23.5 Å². The average Bonchev–Trinajstić information content (AvgIpc) is 3.38. The summed E-state index contributed by atoms with van der Waals surface area (Å²) < 4.78 is 33.3. The van der Waals surface area contributed by atoms with Gasteiger partial charge in [-0.2, -0.15) is 8.42 Å². The van der Waals surface area contributed by atoms with Crippen LogP contribution in [0, 0.1) is 0 Å². The summed E-state index contributed by atoms with van der Waals surface area (Å²) in [5, 5.41) is 10.7. The lowest BCUT2D eigenvalue weighted by atomic mass is 9.95. The van der Waals surface area contributed by atoms with Gasteiger partial charge in [-0.05, 0) is 62.4 Å². The Kier molecular flexibility index (Phi) is 6.98. The standard InChI is InChI=1S/C20H19ClN4O5S3/c1-2-30-18(27)15-13-5-3-4-6-14(13)31-17(15)25-33(28,29)20-24-23-19(32-20)22-16(26)11-7-9-12(21)10-8-11/h7-10,25H,2-6H2,1H3,(H,22,23,26). The Morgan fingerprint density at radius 3 is 2.58 bits per heavy atom. The van der Waals surface area contributed by atoms with E-state index in [0.717, 1.165) is 29.7 Å². The van der Waals surface area contributed by atoms with Gasteiger partial charge in [-0.3, -0.25) is 14.8 Å². The van der Waals surface area contributed by atoms with Crippen molar-refractivity contribution in [2.24, 2.45) is 0 Å². The summed E-state index contributed by atoms with van der Waals surface area (Å²) in [6, 6.07) is 6.21. The number of ether oxygens (including phenoxy) is 1. The number of sulfonamides is 1. The fourth-order valence-corrected chi connectivity index (χ4v) is 6.97. The molecule has 0 saturated carbocycles. The number of carbonyl (C=O) groups excluding carboxylic acids is 2. The minimum absolute atomic E-state index is 0.0198. The lowest BCUT2D eigenvalue weighted by molar-refractivity contribution is 0.0526. The van der Waals surface area contributed by atoms with Crippen molar-refractivity contribution in [2.45, 2.75) is 36.9 Å². The summed E-state index contributed by atoms with van der Waals surface area (Å²) in [5.74, 6) is -1.03. The number of aromatic nitrogens is 2. The van der Waals surface area contributed by atoms with Gasteiger partial charge in [0.05, 0.1) is 12.2 Å². The third kappa shape index (κ3) is 5.18. The molecule has 2 heterocycles. The number of nitrogens with one attached hydrogen (secondary N) is 2. The van der Waals surface area contributed by atoms with Crippen molar-refractivity contribution in [3.63, 3.8) is 0 Å². The Morgan fingerprint density at radius 1 is 1.12 bits per heavy atom. The number of esters is 1. The van der Waals surface area contributed by atoms with Crippen LogP contribution in [0.15, 0.2) is 28.6 Å². The van der Waals surface area contributed by atoms with Crippen LogP contribution in [0.1, 0.15) is 50.9 Å². The largest absolute Gasteiger partial charge is 0.462 e. The maximum atomic E-state index is 13.0. The van der Waals surface area contributed by atoms with E-state index in [9.17, 15) is 18.0 Å². The lowest BCUT2D eigenvalue weighted by Gasteiger charge is -2.12. The van der Waals surface area contributed by atoms with E-state index in [0.29, 0.717) is 28.3 Å². The molecule has 0 radical (unpaired) electrons. The quantitative estimate of drug-likeness (QED) is 0.346. The SMILES string of the molecule is CCOC(=O)c1c(NS(=O)(=O)c2nnc(NC(=O)c3ccc(Cl)cc3)s2)sc2c1CCCC2. The van der Waals surface area contributed by atoms with Gasteiger partial charge in [0, 0.05) is 15.5 Å². The van der Waals surface area contributed by atoms with Gasteiger partial charge in [-0.15, -0.1) is 21.5 Å². The van der Waals surface area contributed by atoms with E-state index in [4.69, 9.17) is 16.3 Å². The molecule has 2 N–H and O–H groups in total. The van der Waals surface area contributed by atoms with E-state index in [2.05, 4.69) is 20.2 Å². The molecule has 2 aromatic heterocycles. The van der Waals surface area contributed by atoms with Crippen molar-refractivity contribution in [3.05, 3.63) is 50.9 Å². The van der Waals surface area contributed by atoms with Gasteiger partial charge >= 0.3 is 5.97 Å². The third-order valence-corrected chi connectivity index (χ3v) is 8.99. The van der Waals surface area contributed by atoms with Gasteiger partial charge in [0.15, 0.2) is 0 Å². The molecular weight excluding hydrogens is 508 g/mol. The highest BCUT2D eigenvalue weighted by Gasteiger charge is 2.30. The molecule has 0 bridgehead atoms. The normalized spacial score (nSPS) is 13.3. The maximum Gasteiger partial charge on any atom is 0.341 e. The molecule has 0 fully saturated rings. The lowest BCUT2D eigenvalue weighted by Crippen LogP contribution is -2.16. The van der Waals surface area contributed by atoms with E-state index >= 15 is 0 Å². The molecule has 0 spiro atoms. The Labute approximate surface area is 203 Å². The van der Waals surface area contributed by atoms with Crippen molar-refractivity contribution >= 4 is 66.3 Å².